The first-order valence-electron chi connectivity index (χ1n) is 9.82. The molecule has 166 valence electrons. The summed E-state index contributed by atoms with van der Waals surface area (Å²) in [5.41, 5.74) is 0.0161. The second kappa shape index (κ2) is 8.69. The van der Waals surface area contributed by atoms with Crippen LogP contribution in [-0.4, -0.2) is 70.3 Å². The predicted octanol–water partition coefficient (Wildman–Crippen LogP) is 1.89. The van der Waals surface area contributed by atoms with Gasteiger partial charge in [0.15, 0.2) is 17.6 Å². The molecule has 0 radical (unpaired) electrons. The highest BCUT2D eigenvalue weighted by molar-refractivity contribution is 7.89. The van der Waals surface area contributed by atoms with E-state index in [2.05, 4.69) is 0 Å². The van der Waals surface area contributed by atoms with Crippen molar-refractivity contribution in [2.75, 3.05) is 51.4 Å². The molecule has 0 N–H and O–H groups in total. The molecule has 0 aliphatic carbocycles. The van der Waals surface area contributed by atoms with Crippen molar-refractivity contribution in [1.29, 1.82) is 0 Å². The third-order valence-electron chi connectivity index (χ3n) is 5.21. The van der Waals surface area contributed by atoms with Crippen molar-refractivity contribution in [3.8, 4) is 11.5 Å². The molecule has 0 aromatic heterocycles. The number of ether oxygens (including phenoxy) is 3. The third-order valence-corrected chi connectivity index (χ3v) is 7.10. The molecule has 11 heteroatoms. The number of nitrogens with zero attached hydrogens (tertiary/aromatic N) is 3. The number of nitro benzene ring substituents is 1. The number of likely N-dealkylation sites (N-methyl/N-ethyl adjacent to an activating group) is 1. The average molecular weight is 449 g/mol. The molecule has 0 unspecified atom stereocenters. The average Bonchev–Trinajstić information content (AvgIpc) is 2.79. The van der Waals surface area contributed by atoms with E-state index in [1.165, 1.54) is 16.4 Å². The molecule has 10 nitrogen and oxygen atoms in total. The lowest BCUT2D eigenvalue weighted by atomic mass is 10.2. The predicted molar refractivity (Wildman–Crippen MR) is 112 cm³/mol. The smallest absolute Gasteiger partial charge is 0.293 e. The molecule has 1 fully saturated rings. The van der Waals surface area contributed by atoms with Gasteiger partial charge in [0.2, 0.25) is 10.0 Å². The van der Waals surface area contributed by atoms with Crippen molar-refractivity contribution in [2.45, 2.75) is 11.0 Å². The Morgan fingerprint density at radius 2 is 1.87 bits per heavy atom. The molecular formula is C20H23N3O7S. The van der Waals surface area contributed by atoms with Gasteiger partial charge in [-0.3, -0.25) is 10.1 Å². The second-order valence-corrected chi connectivity index (χ2v) is 9.24. The van der Waals surface area contributed by atoms with Crippen LogP contribution in [0.4, 0.5) is 11.4 Å². The molecule has 1 saturated heterocycles. The van der Waals surface area contributed by atoms with Crippen LogP contribution < -0.4 is 14.4 Å². The summed E-state index contributed by atoms with van der Waals surface area (Å²) in [6.45, 7) is 1.67. The van der Waals surface area contributed by atoms with Gasteiger partial charge in [-0.15, -0.1) is 0 Å². The first-order valence-corrected chi connectivity index (χ1v) is 11.3. The van der Waals surface area contributed by atoms with Crippen molar-refractivity contribution in [2.24, 2.45) is 0 Å². The molecule has 31 heavy (non-hydrogen) atoms. The van der Waals surface area contributed by atoms with Crippen LogP contribution in [0.1, 0.15) is 0 Å². The van der Waals surface area contributed by atoms with Crippen LogP contribution in [0, 0.1) is 10.1 Å². The summed E-state index contributed by atoms with van der Waals surface area (Å²) >= 11 is 0. The highest BCUT2D eigenvalue weighted by Gasteiger charge is 2.30. The standard InChI is InChI=1S/C20H23N3O7S/c1-21(13-15-14-29-19-4-2-3-5-20(19)30-15)17-7-6-16(12-18(17)23(24)25)31(26,27)22-8-10-28-11-9-22/h2-7,12,15H,8-11,13-14H2,1H3/t15-/m1/s1. The molecule has 2 aliphatic heterocycles. The molecule has 0 spiro atoms. The van der Waals surface area contributed by atoms with E-state index in [0.717, 1.165) is 6.07 Å². The zero-order chi connectivity index (χ0) is 22.0. The Labute approximate surface area is 180 Å². The Morgan fingerprint density at radius 1 is 1.16 bits per heavy atom. The van der Waals surface area contributed by atoms with Gasteiger partial charge < -0.3 is 19.1 Å². The van der Waals surface area contributed by atoms with E-state index in [9.17, 15) is 18.5 Å². The fourth-order valence-corrected chi connectivity index (χ4v) is 5.05. The minimum atomic E-state index is -3.84. The number of hydrogen-bond acceptors (Lipinski definition) is 8. The summed E-state index contributed by atoms with van der Waals surface area (Å²) in [5, 5.41) is 11.7. The molecule has 2 aliphatic rings. The summed E-state index contributed by atoms with van der Waals surface area (Å²) in [7, 11) is -2.14. The maximum atomic E-state index is 12.9. The molecule has 2 heterocycles. The molecule has 0 bridgehead atoms. The van der Waals surface area contributed by atoms with Gasteiger partial charge in [-0.2, -0.15) is 4.31 Å². The van der Waals surface area contributed by atoms with E-state index in [1.807, 2.05) is 18.2 Å². The highest BCUT2D eigenvalue weighted by Crippen LogP contribution is 2.34. The van der Waals surface area contributed by atoms with Gasteiger partial charge in [0.25, 0.3) is 5.69 Å². The van der Waals surface area contributed by atoms with Gasteiger partial charge in [-0.05, 0) is 24.3 Å². The van der Waals surface area contributed by atoms with Gasteiger partial charge in [0, 0.05) is 26.2 Å². The molecule has 2 aromatic carbocycles. The summed E-state index contributed by atoms with van der Waals surface area (Å²) in [5.74, 6) is 1.28. The van der Waals surface area contributed by atoms with E-state index >= 15 is 0 Å². The Balaban J connectivity index is 1.55. The topological polar surface area (TPSA) is 111 Å². The minimum absolute atomic E-state index is 0.107. The zero-order valence-electron chi connectivity index (χ0n) is 17.0. The molecular weight excluding hydrogens is 426 g/mol. The Hall–Kier alpha value is -2.89. The van der Waals surface area contributed by atoms with Crippen LogP contribution in [0.2, 0.25) is 0 Å². The fourth-order valence-electron chi connectivity index (χ4n) is 3.63. The summed E-state index contributed by atoms with van der Waals surface area (Å²) in [6.07, 6.45) is -0.337. The molecule has 0 saturated carbocycles. The summed E-state index contributed by atoms with van der Waals surface area (Å²) in [6, 6.07) is 11.3. The van der Waals surface area contributed by atoms with Crippen LogP contribution in [-0.2, 0) is 14.8 Å². The Morgan fingerprint density at radius 3 is 2.58 bits per heavy atom. The number of benzene rings is 2. The lowest BCUT2D eigenvalue weighted by Crippen LogP contribution is -2.40. The number of fused-ring (bicyclic) bond motifs is 1. The molecule has 1 atom stereocenters. The number of morpholine rings is 1. The van der Waals surface area contributed by atoms with Crippen molar-refractivity contribution in [3.63, 3.8) is 0 Å². The highest BCUT2D eigenvalue weighted by atomic mass is 32.2. The largest absolute Gasteiger partial charge is 0.486 e. The van der Waals surface area contributed by atoms with Gasteiger partial charge in [-0.1, -0.05) is 12.1 Å². The number of hydrogen-bond donors (Lipinski definition) is 0. The number of nitro groups is 1. The van der Waals surface area contributed by atoms with Gasteiger partial charge >= 0.3 is 0 Å². The van der Waals surface area contributed by atoms with E-state index in [-0.39, 0.29) is 29.8 Å². The van der Waals surface area contributed by atoms with Crippen molar-refractivity contribution >= 4 is 21.4 Å². The van der Waals surface area contributed by atoms with Gasteiger partial charge in [-0.25, -0.2) is 8.42 Å². The lowest BCUT2D eigenvalue weighted by Gasteiger charge is -2.30. The number of rotatable bonds is 6. The lowest BCUT2D eigenvalue weighted by molar-refractivity contribution is -0.384. The first-order chi connectivity index (χ1) is 14.9. The maximum absolute atomic E-state index is 12.9. The fraction of sp³-hybridized carbons (Fsp3) is 0.400. The second-order valence-electron chi connectivity index (χ2n) is 7.30. The summed E-state index contributed by atoms with van der Waals surface area (Å²) in [4.78, 5) is 12.7. The first kappa shape index (κ1) is 21.3. The van der Waals surface area contributed by atoms with Gasteiger partial charge in [0.1, 0.15) is 12.3 Å². The SMILES string of the molecule is CN(C[C@@H]1COc2ccccc2O1)c1ccc(S(=O)(=O)N2CCOCC2)cc1[N+](=O)[O-]. The van der Waals surface area contributed by atoms with Crippen LogP contribution >= 0.6 is 0 Å². The Kier molecular flexibility index (Phi) is 5.99. The van der Waals surface area contributed by atoms with Crippen LogP contribution in [0.15, 0.2) is 47.4 Å². The van der Waals surface area contributed by atoms with Crippen molar-refractivity contribution in [3.05, 3.63) is 52.6 Å². The zero-order valence-corrected chi connectivity index (χ0v) is 17.8. The van der Waals surface area contributed by atoms with E-state index in [1.54, 1.807) is 18.0 Å². The van der Waals surface area contributed by atoms with Crippen molar-refractivity contribution < 1.29 is 27.6 Å². The molecule has 0 amide bonds. The number of anilines is 1. The molecule has 4 rings (SSSR count). The monoisotopic (exact) mass is 449 g/mol. The number of sulfonamides is 1. The van der Waals surface area contributed by atoms with Crippen LogP contribution in [0.5, 0.6) is 11.5 Å². The maximum Gasteiger partial charge on any atom is 0.293 e. The van der Waals surface area contributed by atoms with Crippen LogP contribution in [0.3, 0.4) is 0 Å². The Bertz CT molecular complexity index is 1070. The molecule has 2 aromatic rings. The van der Waals surface area contributed by atoms with E-state index < -0.39 is 14.9 Å². The minimum Gasteiger partial charge on any atom is -0.486 e. The van der Waals surface area contributed by atoms with E-state index in [0.29, 0.717) is 43.6 Å². The normalized spacial score (nSPS) is 19.1. The third kappa shape index (κ3) is 4.43. The quantitative estimate of drug-likeness (QED) is 0.486. The number of para-hydroxylation sites is 2. The van der Waals surface area contributed by atoms with Crippen molar-refractivity contribution in [1.82, 2.24) is 4.31 Å². The van der Waals surface area contributed by atoms with Gasteiger partial charge in [0.05, 0.1) is 29.6 Å². The summed E-state index contributed by atoms with van der Waals surface area (Å²) < 4.78 is 43.9. The van der Waals surface area contributed by atoms with E-state index in [4.69, 9.17) is 14.2 Å². The van der Waals surface area contributed by atoms with Crippen LogP contribution in [0.25, 0.3) is 0 Å².